The van der Waals surface area contributed by atoms with Gasteiger partial charge in [0.2, 0.25) is 0 Å². The molecule has 7 heteroatoms. The van der Waals surface area contributed by atoms with E-state index in [4.69, 9.17) is 9.84 Å². The number of ether oxygens (including phenoxy) is 1. The molecule has 0 heterocycles. The minimum atomic E-state index is -0.781. The van der Waals surface area contributed by atoms with Crippen LogP contribution in [0.15, 0.2) is 18.2 Å². The maximum Gasteiger partial charge on any atom is 0.303 e. The molecule has 0 bridgehead atoms. The molecule has 186 valence electrons. The molecule has 0 unspecified atom stereocenters. The Hall–Kier alpha value is -1.96. The number of phenolic OH excluding ortho intramolecular Hbond substituents is 1. The van der Waals surface area contributed by atoms with Gasteiger partial charge in [0.05, 0.1) is 18.8 Å². The van der Waals surface area contributed by atoms with Gasteiger partial charge < -0.3 is 25.2 Å². The van der Waals surface area contributed by atoms with Crippen LogP contribution in [0.3, 0.4) is 0 Å². The van der Waals surface area contributed by atoms with E-state index in [9.17, 15) is 24.9 Å². The Balaban J connectivity index is 1.80. The predicted octanol–water partition coefficient (Wildman–Crippen LogP) is 3.65. The molecule has 0 saturated heterocycles. The van der Waals surface area contributed by atoms with Crippen molar-refractivity contribution in [2.24, 2.45) is 11.8 Å². The number of carboxylic acid groups (broad SMARTS) is 1. The lowest BCUT2D eigenvalue weighted by molar-refractivity contribution is -0.137. The van der Waals surface area contributed by atoms with Crippen molar-refractivity contribution in [3.63, 3.8) is 0 Å². The lowest BCUT2D eigenvalue weighted by Gasteiger charge is -2.22. The van der Waals surface area contributed by atoms with Crippen LogP contribution in [0.2, 0.25) is 0 Å². The molecule has 1 saturated carbocycles. The number of aliphatic hydroxyl groups is 2. The third kappa shape index (κ3) is 9.43. The highest BCUT2D eigenvalue weighted by molar-refractivity contribution is 5.84. The fraction of sp³-hybridized carbons (Fsp3) is 0.692. The first kappa shape index (κ1) is 27.3. The highest BCUT2D eigenvalue weighted by atomic mass is 16.5. The largest absolute Gasteiger partial charge is 0.508 e. The van der Waals surface area contributed by atoms with E-state index in [1.54, 1.807) is 6.07 Å². The van der Waals surface area contributed by atoms with Gasteiger partial charge in [-0.2, -0.15) is 0 Å². The number of unbranched alkanes of at least 4 members (excludes halogenated alkanes) is 3. The number of aromatic hydroxyl groups is 1. The van der Waals surface area contributed by atoms with Crippen molar-refractivity contribution in [2.75, 3.05) is 13.2 Å². The van der Waals surface area contributed by atoms with Gasteiger partial charge in [-0.25, -0.2) is 0 Å². The summed E-state index contributed by atoms with van der Waals surface area (Å²) in [4.78, 5) is 23.0. The van der Waals surface area contributed by atoms with Gasteiger partial charge in [-0.05, 0) is 68.6 Å². The molecule has 1 aliphatic carbocycles. The highest BCUT2D eigenvalue weighted by Gasteiger charge is 2.40. The fourth-order valence-electron chi connectivity index (χ4n) is 4.83. The molecule has 1 fully saturated rings. The highest BCUT2D eigenvalue weighted by Crippen LogP contribution is 2.36. The third-order valence-electron chi connectivity index (χ3n) is 6.66. The zero-order chi connectivity index (χ0) is 24.2. The van der Waals surface area contributed by atoms with Crippen molar-refractivity contribution < 1.29 is 34.8 Å². The quantitative estimate of drug-likeness (QED) is 0.275. The van der Waals surface area contributed by atoms with E-state index in [0.29, 0.717) is 51.7 Å². The Labute approximate surface area is 196 Å². The van der Waals surface area contributed by atoms with E-state index in [1.807, 2.05) is 19.1 Å². The van der Waals surface area contributed by atoms with Gasteiger partial charge >= 0.3 is 5.97 Å². The lowest BCUT2D eigenvalue weighted by Crippen LogP contribution is -2.23. The Morgan fingerprint density at radius 2 is 1.94 bits per heavy atom. The molecule has 1 aromatic rings. The molecular weight excluding hydrogens is 424 g/mol. The van der Waals surface area contributed by atoms with E-state index in [1.165, 1.54) is 0 Å². The predicted molar refractivity (Wildman–Crippen MR) is 125 cm³/mol. The van der Waals surface area contributed by atoms with Crippen molar-refractivity contribution >= 4 is 11.8 Å². The van der Waals surface area contributed by atoms with Crippen molar-refractivity contribution in [1.82, 2.24) is 0 Å². The number of carboxylic acids is 1. The molecule has 0 amide bonds. The third-order valence-corrected chi connectivity index (χ3v) is 6.66. The van der Waals surface area contributed by atoms with Crippen molar-refractivity contribution in [2.45, 2.75) is 89.8 Å². The molecule has 0 aromatic heterocycles. The molecule has 0 radical (unpaired) electrons. The summed E-state index contributed by atoms with van der Waals surface area (Å²) in [5, 5.41) is 39.7. The van der Waals surface area contributed by atoms with Crippen LogP contribution >= 0.6 is 0 Å². The Morgan fingerprint density at radius 3 is 2.67 bits per heavy atom. The van der Waals surface area contributed by atoms with E-state index in [-0.39, 0.29) is 36.2 Å². The van der Waals surface area contributed by atoms with Gasteiger partial charge in [-0.3, -0.25) is 9.59 Å². The number of Topliss-reactive ketones (excluding diaryl/α,β-unsaturated/α-hetero) is 1. The second kappa shape index (κ2) is 14.3. The molecule has 1 aliphatic rings. The molecule has 1 aromatic carbocycles. The minimum absolute atomic E-state index is 0.102. The second-order valence-electron chi connectivity index (χ2n) is 9.20. The average molecular weight is 465 g/mol. The van der Waals surface area contributed by atoms with Crippen LogP contribution in [0.4, 0.5) is 0 Å². The van der Waals surface area contributed by atoms with Gasteiger partial charge in [-0.1, -0.05) is 31.4 Å². The minimum Gasteiger partial charge on any atom is -0.508 e. The summed E-state index contributed by atoms with van der Waals surface area (Å²) < 4.78 is 5.36. The molecule has 0 aliphatic heterocycles. The Kier molecular flexibility index (Phi) is 11.9. The summed E-state index contributed by atoms with van der Waals surface area (Å²) in [6, 6.07) is 5.36. The molecular formula is C26H40O7. The van der Waals surface area contributed by atoms with E-state index in [0.717, 1.165) is 30.4 Å². The zero-order valence-electron chi connectivity index (χ0n) is 19.7. The normalized spacial score (nSPS) is 21.4. The van der Waals surface area contributed by atoms with Gasteiger partial charge in [0.1, 0.15) is 11.5 Å². The first-order valence-electron chi connectivity index (χ1n) is 12.3. The summed E-state index contributed by atoms with van der Waals surface area (Å²) in [7, 11) is 0. The first-order valence-corrected chi connectivity index (χ1v) is 12.3. The Morgan fingerprint density at radius 1 is 1.18 bits per heavy atom. The SMILES string of the molecule is CCOCCc1cc(C[C@@H](O)CC[C@H]2[C@H](O)CC(=O)[C@@H]2CCCCCCC(=O)O)ccc1O. The number of carbonyl (C=O) groups excluding carboxylic acids is 1. The van der Waals surface area contributed by atoms with Gasteiger partial charge in [-0.15, -0.1) is 0 Å². The first-order chi connectivity index (χ1) is 15.8. The van der Waals surface area contributed by atoms with E-state index < -0.39 is 18.2 Å². The molecule has 0 spiro atoms. The van der Waals surface area contributed by atoms with Crippen LogP contribution < -0.4 is 0 Å². The Bertz CT molecular complexity index is 748. The number of phenols is 1. The molecule has 4 atom stereocenters. The van der Waals surface area contributed by atoms with E-state index >= 15 is 0 Å². The monoisotopic (exact) mass is 464 g/mol. The number of ketones is 1. The van der Waals surface area contributed by atoms with E-state index in [2.05, 4.69) is 0 Å². The van der Waals surface area contributed by atoms with Crippen molar-refractivity contribution in [3.05, 3.63) is 29.3 Å². The number of benzene rings is 1. The number of aliphatic hydroxyl groups excluding tert-OH is 2. The summed E-state index contributed by atoms with van der Waals surface area (Å²) in [5.74, 6) is -0.758. The topological polar surface area (TPSA) is 124 Å². The number of hydrogen-bond donors (Lipinski definition) is 4. The zero-order valence-corrected chi connectivity index (χ0v) is 19.7. The van der Waals surface area contributed by atoms with Gasteiger partial charge in [0.15, 0.2) is 0 Å². The van der Waals surface area contributed by atoms with Crippen LogP contribution in [-0.4, -0.2) is 57.6 Å². The standard InChI is InChI=1S/C26H40O7/c1-2-33-14-13-19-15-18(9-12-23(19)28)16-20(27)10-11-22-21(24(29)17-25(22)30)7-5-3-4-6-8-26(31)32/h9,12,15,20-22,25,27-28,30H,2-8,10-11,13-14,16-17H2,1H3,(H,31,32)/t20-,21+,22+,25+/m0/s1. The van der Waals surface area contributed by atoms with Crippen LogP contribution in [0.25, 0.3) is 0 Å². The second-order valence-corrected chi connectivity index (χ2v) is 9.20. The fourth-order valence-corrected chi connectivity index (χ4v) is 4.83. The number of hydrogen-bond acceptors (Lipinski definition) is 6. The van der Waals surface area contributed by atoms with Crippen LogP contribution in [0.5, 0.6) is 5.75 Å². The van der Waals surface area contributed by atoms with Crippen molar-refractivity contribution in [3.8, 4) is 5.75 Å². The maximum absolute atomic E-state index is 12.4. The van der Waals surface area contributed by atoms with Crippen LogP contribution in [-0.2, 0) is 27.2 Å². The van der Waals surface area contributed by atoms with Gasteiger partial charge in [0, 0.05) is 25.4 Å². The van der Waals surface area contributed by atoms with Crippen molar-refractivity contribution in [1.29, 1.82) is 0 Å². The summed E-state index contributed by atoms with van der Waals surface area (Å²) in [6.07, 6.45) is 5.20. The summed E-state index contributed by atoms with van der Waals surface area (Å²) in [6.45, 7) is 3.08. The smallest absolute Gasteiger partial charge is 0.303 e. The molecule has 33 heavy (non-hydrogen) atoms. The van der Waals surface area contributed by atoms with Crippen LogP contribution in [0.1, 0.15) is 75.8 Å². The molecule has 2 rings (SSSR count). The van der Waals surface area contributed by atoms with Gasteiger partial charge in [0.25, 0.3) is 0 Å². The van der Waals surface area contributed by atoms with Crippen LogP contribution in [0, 0.1) is 11.8 Å². The number of rotatable bonds is 16. The lowest BCUT2D eigenvalue weighted by atomic mass is 9.85. The molecule has 7 nitrogen and oxygen atoms in total. The number of carbonyl (C=O) groups is 2. The summed E-state index contributed by atoms with van der Waals surface area (Å²) in [5.41, 5.74) is 1.74. The number of aliphatic carboxylic acids is 1. The molecule has 4 N–H and O–H groups in total. The maximum atomic E-state index is 12.4. The average Bonchev–Trinajstić information content (AvgIpc) is 3.03. The summed E-state index contributed by atoms with van der Waals surface area (Å²) >= 11 is 0.